The number of hydrogen-bond acceptors (Lipinski definition) is 7. The zero-order valence-corrected chi connectivity index (χ0v) is 19.7. The molecule has 4 rings (SSSR count). The molecule has 0 spiro atoms. The number of rotatable bonds is 6. The molecule has 1 fully saturated rings. The van der Waals surface area contributed by atoms with E-state index >= 15 is 0 Å². The molecule has 184 valence electrons. The van der Waals surface area contributed by atoms with E-state index in [4.69, 9.17) is 0 Å². The first-order valence-electron chi connectivity index (χ1n) is 11.4. The molecule has 2 amide bonds. The SMILES string of the molecule is CC(CO)NC(=O)c1nc(C(=O)N2CCN(C)CC2)c2cc(Cc3ccc(F)cc3)cnc2c1O. The number of amides is 2. The van der Waals surface area contributed by atoms with E-state index in [2.05, 4.69) is 20.2 Å². The summed E-state index contributed by atoms with van der Waals surface area (Å²) in [6.07, 6.45) is 1.98. The van der Waals surface area contributed by atoms with Crippen LogP contribution in [0.4, 0.5) is 4.39 Å². The van der Waals surface area contributed by atoms with Crippen LogP contribution in [0.2, 0.25) is 0 Å². The average molecular weight is 482 g/mol. The Morgan fingerprint density at radius 1 is 1.11 bits per heavy atom. The maximum absolute atomic E-state index is 13.5. The molecule has 3 N–H and O–H groups in total. The van der Waals surface area contributed by atoms with Crippen LogP contribution < -0.4 is 5.32 Å². The first-order valence-corrected chi connectivity index (χ1v) is 11.4. The van der Waals surface area contributed by atoms with E-state index in [1.54, 1.807) is 36.2 Å². The molecular formula is C25H28FN5O4. The van der Waals surface area contributed by atoms with Crippen LogP contribution in [0.25, 0.3) is 10.9 Å². The highest BCUT2D eigenvalue weighted by Gasteiger charge is 2.28. The van der Waals surface area contributed by atoms with Gasteiger partial charge >= 0.3 is 0 Å². The van der Waals surface area contributed by atoms with Crippen molar-refractivity contribution in [3.8, 4) is 5.75 Å². The van der Waals surface area contributed by atoms with Crippen LogP contribution in [-0.4, -0.2) is 87.7 Å². The molecule has 1 aliphatic rings. The molecule has 0 saturated carbocycles. The topological polar surface area (TPSA) is 119 Å². The van der Waals surface area contributed by atoms with Crippen molar-refractivity contribution in [2.75, 3.05) is 39.8 Å². The molecule has 0 aliphatic carbocycles. The fourth-order valence-electron chi connectivity index (χ4n) is 3.97. The standard InChI is InChI=1S/C25H28FN5O4/c1-15(14-32)28-24(34)22-23(33)20-19(21(29-22)25(35)31-9-7-30(2)8-10-31)12-17(13-27-20)11-16-3-5-18(26)6-4-16/h3-6,12-13,15,32-33H,7-11,14H2,1-2H3,(H,28,34). The summed E-state index contributed by atoms with van der Waals surface area (Å²) in [5, 5.41) is 23.0. The summed E-state index contributed by atoms with van der Waals surface area (Å²) in [4.78, 5) is 38.7. The van der Waals surface area contributed by atoms with E-state index in [-0.39, 0.29) is 35.2 Å². The van der Waals surface area contributed by atoms with Crippen molar-refractivity contribution >= 4 is 22.7 Å². The van der Waals surface area contributed by atoms with E-state index in [0.717, 1.165) is 11.1 Å². The largest absolute Gasteiger partial charge is 0.504 e. The molecule has 1 aromatic carbocycles. The summed E-state index contributed by atoms with van der Waals surface area (Å²) in [5.41, 5.74) is 1.38. The van der Waals surface area contributed by atoms with Crippen molar-refractivity contribution in [1.29, 1.82) is 0 Å². The van der Waals surface area contributed by atoms with E-state index in [1.165, 1.54) is 12.1 Å². The number of hydrogen-bond donors (Lipinski definition) is 3. The number of halogens is 1. The zero-order chi connectivity index (χ0) is 25.1. The van der Waals surface area contributed by atoms with Gasteiger partial charge in [-0.3, -0.25) is 14.6 Å². The molecular weight excluding hydrogens is 453 g/mol. The number of carbonyl (C=O) groups is 2. The molecule has 3 aromatic rings. The third-order valence-electron chi connectivity index (χ3n) is 6.05. The Morgan fingerprint density at radius 2 is 1.80 bits per heavy atom. The van der Waals surface area contributed by atoms with Crippen LogP contribution in [0.3, 0.4) is 0 Å². The van der Waals surface area contributed by atoms with Gasteiger partial charge in [0.15, 0.2) is 11.4 Å². The molecule has 0 radical (unpaired) electrons. The maximum atomic E-state index is 13.5. The minimum absolute atomic E-state index is 0.0256. The quantitative estimate of drug-likeness (QED) is 0.489. The van der Waals surface area contributed by atoms with E-state index in [1.807, 2.05) is 7.05 Å². The Morgan fingerprint density at radius 3 is 2.46 bits per heavy atom. The van der Waals surface area contributed by atoms with Crippen LogP contribution in [0, 0.1) is 5.82 Å². The summed E-state index contributed by atoms with van der Waals surface area (Å²) in [6, 6.07) is 7.24. The van der Waals surface area contributed by atoms with Crippen molar-refractivity contribution in [3.05, 3.63) is 64.9 Å². The third-order valence-corrected chi connectivity index (χ3v) is 6.05. The predicted octanol–water partition coefficient (Wildman–Crippen LogP) is 1.56. The minimum atomic E-state index is -0.712. The molecule has 0 bridgehead atoms. The van der Waals surface area contributed by atoms with Crippen molar-refractivity contribution in [3.63, 3.8) is 0 Å². The lowest BCUT2D eigenvalue weighted by atomic mass is 10.0. The van der Waals surface area contributed by atoms with Crippen molar-refractivity contribution in [1.82, 2.24) is 25.1 Å². The highest BCUT2D eigenvalue weighted by molar-refractivity contribution is 6.09. The number of aliphatic hydroxyl groups excluding tert-OH is 1. The second kappa shape index (κ2) is 10.3. The molecule has 3 heterocycles. The summed E-state index contributed by atoms with van der Waals surface area (Å²) in [7, 11) is 1.98. The lowest BCUT2D eigenvalue weighted by molar-refractivity contribution is 0.0660. The van der Waals surface area contributed by atoms with E-state index < -0.39 is 17.7 Å². The molecule has 1 saturated heterocycles. The fourth-order valence-corrected chi connectivity index (χ4v) is 3.97. The van der Waals surface area contributed by atoms with Gasteiger partial charge in [-0.2, -0.15) is 0 Å². The summed E-state index contributed by atoms with van der Waals surface area (Å²) in [6.45, 7) is 3.73. The summed E-state index contributed by atoms with van der Waals surface area (Å²) in [5.74, 6) is -1.84. The summed E-state index contributed by atoms with van der Waals surface area (Å²) < 4.78 is 13.3. The smallest absolute Gasteiger partial charge is 0.274 e. The number of fused-ring (bicyclic) bond motifs is 1. The van der Waals surface area contributed by atoms with Crippen LogP contribution >= 0.6 is 0 Å². The lowest BCUT2D eigenvalue weighted by Crippen LogP contribution is -2.47. The highest BCUT2D eigenvalue weighted by atomic mass is 19.1. The number of aromatic hydroxyl groups is 1. The normalized spacial score (nSPS) is 15.3. The van der Waals surface area contributed by atoms with Crippen LogP contribution in [0.1, 0.15) is 39.0 Å². The number of likely N-dealkylation sites (N-methyl/N-ethyl adjacent to an activating group) is 1. The maximum Gasteiger partial charge on any atom is 0.274 e. The molecule has 10 heteroatoms. The Kier molecular flexibility index (Phi) is 7.23. The van der Waals surface area contributed by atoms with Crippen LogP contribution in [-0.2, 0) is 6.42 Å². The summed E-state index contributed by atoms with van der Waals surface area (Å²) >= 11 is 0. The van der Waals surface area contributed by atoms with Crippen molar-refractivity contribution in [2.45, 2.75) is 19.4 Å². The number of carbonyl (C=O) groups excluding carboxylic acids is 2. The third kappa shape index (κ3) is 5.39. The van der Waals surface area contributed by atoms with Gasteiger partial charge in [0.05, 0.1) is 6.61 Å². The van der Waals surface area contributed by atoms with Crippen molar-refractivity contribution in [2.24, 2.45) is 0 Å². The number of pyridine rings is 2. The first-order chi connectivity index (χ1) is 16.8. The number of aromatic nitrogens is 2. The fraction of sp³-hybridized carbons (Fsp3) is 0.360. The molecule has 2 aromatic heterocycles. The van der Waals surface area contributed by atoms with E-state index in [9.17, 15) is 24.2 Å². The van der Waals surface area contributed by atoms with Gasteiger partial charge in [0.2, 0.25) is 0 Å². The van der Waals surface area contributed by atoms with Crippen LogP contribution in [0.15, 0.2) is 36.5 Å². The molecule has 1 aliphatic heterocycles. The second-order valence-electron chi connectivity index (χ2n) is 8.85. The predicted molar refractivity (Wildman–Crippen MR) is 128 cm³/mol. The van der Waals surface area contributed by atoms with E-state index in [0.29, 0.717) is 38.0 Å². The first kappa shape index (κ1) is 24.5. The van der Waals surface area contributed by atoms with Crippen LogP contribution in [0.5, 0.6) is 5.75 Å². The Hall–Kier alpha value is -3.63. The average Bonchev–Trinajstić information content (AvgIpc) is 2.85. The lowest BCUT2D eigenvalue weighted by Gasteiger charge is -2.32. The Bertz CT molecular complexity index is 1240. The molecule has 9 nitrogen and oxygen atoms in total. The monoisotopic (exact) mass is 481 g/mol. The molecule has 1 atom stereocenters. The molecule has 1 unspecified atom stereocenters. The number of nitrogens with one attached hydrogen (secondary N) is 1. The number of aliphatic hydroxyl groups is 1. The highest BCUT2D eigenvalue weighted by Crippen LogP contribution is 2.30. The van der Waals surface area contributed by atoms with Gasteiger partial charge in [-0.05, 0) is 49.7 Å². The Labute approximate surface area is 202 Å². The molecule has 35 heavy (non-hydrogen) atoms. The van der Waals surface area contributed by atoms with Gasteiger partial charge in [-0.15, -0.1) is 0 Å². The van der Waals surface area contributed by atoms with Gasteiger partial charge in [0.25, 0.3) is 11.8 Å². The Balaban J connectivity index is 1.79. The zero-order valence-electron chi connectivity index (χ0n) is 19.7. The van der Waals surface area contributed by atoms with Gasteiger partial charge in [-0.25, -0.2) is 9.37 Å². The minimum Gasteiger partial charge on any atom is -0.504 e. The number of benzene rings is 1. The van der Waals surface area contributed by atoms with Gasteiger partial charge in [0.1, 0.15) is 17.0 Å². The second-order valence-corrected chi connectivity index (χ2v) is 8.85. The number of nitrogens with zero attached hydrogens (tertiary/aromatic N) is 4. The van der Waals surface area contributed by atoms with Gasteiger partial charge < -0.3 is 25.3 Å². The van der Waals surface area contributed by atoms with Crippen molar-refractivity contribution < 1.29 is 24.2 Å². The van der Waals surface area contributed by atoms with Gasteiger partial charge in [-0.1, -0.05) is 12.1 Å². The number of piperazine rings is 1. The van der Waals surface area contributed by atoms with Gasteiger partial charge in [0, 0.05) is 43.8 Å².